The van der Waals surface area contributed by atoms with Gasteiger partial charge in [0.1, 0.15) is 5.69 Å². The van der Waals surface area contributed by atoms with E-state index >= 15 is 0 Å². The molecule has 3 aromatic rings. The Morgan fingerprint density at radius 2 is 1.60 bits per heavy atom. The van der Waals surface area contributed by atoms with E-state index in [-0.39, 0.29) is 5.91 Å². The molecule has 1 amide bonds. The zero-order chi connectivity index (χ0) is 20.6. The van der Waals surface area contributed by atoms with Crippen LogP contribution in [0.4, 0.5) is 5.69 Å². The van der Waals surface area contributed by atoms with Crippen molar-refractivity contribution in [3.63, 3.8) is 0 Å². The van der Waals surface area contributed by atoms with Crippen LogP contribution < -0.4 is 5.32 Å². The molecule has 4 rings (SSSR count). The van der Waals surface area contributed by atoms with Crippen molar-refractivity contribution in [2.75, 3.05) is 25.0 Å². The van der Waals surface area contributed by atoms with E-state index in [1.807, 2.05) is 23.1 Å². The minimum absolute atomic E-state index is 0.0415. The highest BCUT2D eigenvalue weighted by atomic mass is 16.2. The quantitative estimate of drug-likeness (QED) is 0.619. The summed E-state index contributed by atoms with van der Waals surface area (Å²) in [5.41, 5.74) is 4.16. The van der Waals surface area contributed by atoms with Crippen LogP contribution in [-0.4, -0.2) is 35.4 Å². The monoisotopic (exact) mass is 399 g/mol. The van der Waals surface area contributed by atoms with E-state index in [9.17, 15) is 4.79 Å². The van der Waals surface area contributed by atoms with Crippen LogP contribution in [0.2, 0.25) is 0 Å². The summed E-state index contributed by atoms with van der Waals surface area (Å²) in [5, 5.41) is 3.41. The highest BCUT2D eigenvalue weighted by Gasteiger charge is 2.24. The smallest absolute Gasteiger partial charge is 0.272 e. The Labute approximate surface area is 179 Å². The third kappa shape index (κ3) is 5.47. The van der Waals surface area contributed by atoms with Crippen molar-refractivity contribution >= 4 is 11.6 Å². The van der Waals surface area contributed by atoms with Crippen molar-refractivity contribution in [2.24, 2.45) is 5.92 Å². The Kier molecular flexibility index (Phi) is 6.75. The number of carbonyl (C=O) groups is 1. The molecular formula is C26H29N3O. The molecule has 1 aromatic heterocycles. The number of anilines is 1. The highest BCUT2D eigenvalue weighted by Crippen LogP contribution is 2.23. The van der Waals surface area contributed by atoms with Gasteiger partial charge in [-0.2, -0.15) is 0 Å². The summed E-state index contributed by atoms with van der Waals surface area (Å²) < 4.78 is 0. The van der Waals surface area contributed by atoms with Crippen LogP contribution in [0.5, 0.6) is 0 Å². The number of likely N-dealkylation sites (tertiary alicyclic amines) is 1. The van der Waals surface area contributed by atoms with Gasteiger partial charge in [0.2, 0.25) is 0 Å². The first-order valence-corrected chi connectivity index (χ1v) is 10.8. The molecule has 154 valence electrons. The maximum absolute atomic E-state index is 12.9. The zero-order valence-electron chi connectivity index (χ0n) is 17.3. The number of carbonyl (C=O) groups excluding carboxylic acids is 1. The lowest BCUT2D eigenvalue weighted by Gasteiger charge is -2.32. The maximum atomic E-state index is 12.9. The molecule has 1 aliphatic rings. The summed E-state index contributed by atoms with van der Waals surface area (Å²) in [7, 11) is 0. The minimum atomic E-state index is 0.0415. The number of amides is 1. The second kappa shape index (κ2) is 10.1. The van der Waals surface area contributed by atoms with E-state index in [0.29, 0.717) is 11.6 Å². The normalized spacial score (nSPS) is 14.5. The third-order valence-corrected chi connectivity index (χ3v) is 5.83. The summed E-state index contributed by atoms with van der Waals surface area (Å²) in [4.78, 5) is 19.2. The van der Waals surface area contributed by atoms with Gasteiger partial charge in [-0.15, -0.1) is 0 Å². The van der Waals surface area contributed by atoms with Crippen LogP contribution in [0.3, 0.4) is 0 Å². The molecule has 0 unspecified atom stereocenters. The molecular weight excluding hydrogens is 370 g/mol. The van der Waals surface area contributed by atoms with Gasteiger partial charge in [0, 0.05) is 31.5 Å². The fraction of sp³-hybridized carbons (Fsp3) is 0.308. The summed E-state index contributed by atoms with van der Waals surface area (Å²) in [5.74, 6) is 0.690. The number of hydrogen-bond donors (Lipinski definition) is 1. The summed E-state index contributed by atoms with van der Waals surface area (Å²) in [6.45, 7) is 2.44. The molecule has 0 spiro atoms. The lowest BCUT2D eigenvalue weighted by Crippen LogP contribution is -2.39. The van der Waals surface area contributed by atoms with Crippen molar-refractivity contribution in [3.8, 4) is 0 Å². The van der Waals surface area contributed by atoms with Gasteiger partial charge >= 0.3 is 0 Å². The van der Waals surface area contributed by atoms with Crippen molar-refractivity contribution < 1.29 is 4.79 Å². The van der Waals surface area contributed by atoms with Crippen LogP contribution in [0.25, 0.3) is 0 Å². The van der Waals surface area contributed by atoms with Gasteiger partial charge < -0.3 is 10.2 Å². The lowest BCUT2D eigenvalue weighted by atomic mass is 9.90. The number of benzene rings is 2. The molecule has 1 fully saturated rings. The maximum Gasteiger partial charge on any atom is 0.272 e. The van der Waals surface area contributed by atoms with E-state index in [4.69, 9.17) is 0 Å². The number of piperidine rings is 1. The number of nitrogens with zero attached hydrogens (tertiary/aromatic N) is 2. The van der Waals surface area contributed by atoms with Gasteiger partial charge in [0.25, 0.3) is 5.91 Å². The van der Waals surface area contributed by atoms with Crippen LogP contribution in [-0.2, 0) is 12.8 Å². The zero-order valence-corrected chi connectivity index (χ0v) is 17.3. The number of nitrogens with one attached hydrogen (secondary N) is 1. The fourth-order valence-corrected chi connectivity index (χ4v) is 4.10. The average molecular weight is 400 g/mol. The van der Waals surface area contributed by atoms with Crippen LogP contribution in [0.15, 0.2) is 79.0 Å². The third-order valence-electron chi connectivity index (χ3n) is 5.83. The van der Waals surface area contributed by atoms with Crippen molar-refractivity contribution in [1.29, 1.82) is 0 Å². The van der Waals surface area contributed by atoms with Crippen molar-refractivity contribution in [1.82, 2.24) is 9.88 Å². The van der Waals surface area contributed by atoms with E-state index in [0.717, 1.165) is 51.0 Å². The molecule has 0 saturated carbocycles. The van der Waals surface area contributed by atoms with E-state index < -0.39 is 0 Å². The second-order valence-corrected chi connectivity index (χ2v) is 8.02. The average Bonchev–Trinajstić information content (AvgIpc) is 2.81. The molecule has 0 atom stereocenters. The molecule has 1 saturated heterocycles. The molecule has 1 aliphatic heterocycles. The number of aromatic nitrogens is 1. The van der Waals surface area contributed by atoms with E-state index in [2.05, 4.69) is 64.9 Å². The van der Waals surface area contributed by atoms with Crippen molar-refractivity contribution in [2.45, 2.75) is 25.7 Å². The highest BCUT2D eigenvalue weighted by molar-refractivity contribution is 5.93. The van der Waals surface area contributed by atoms with Crippen LogP contribution in [0, 0.1) is 5.92 Å². The Morgan fingerprint density at radius 1 is 0.933 bits per heavy atom. The molecule has 30 heavy (non-hydrogen) atoms. The predicted octanol–water partition coefficient (Wildman–Crippen LogP) is 4.83. The molecule has 1 N–H and O–H groups in total. The van der Waals surface area contributed by atoms with Gasteiger partial charge in [-0.25, -0.2) is 0 Å². The Bertz CT molecular complexity index is 935. The molecule has 4 nitrogen and oxygen atoms in total. The molecule has 2 aromatic carbocycles. The fourth-order valence-electron chi connectivity index (χ4n) is 4.10. The van der Waals surface area contributed by atoms with E-state index in [1.165, 1.54) is 11.1 Å². The van der Waals surface area contributed by atoms with Crippen LogP contribution in [0.1, 0.15) is 34.5 Å². The number of hydrogen-bond acceptors (Lipinski definition) is 3. The van der Waals surface area contributed by atoms with Gasteiger partial charge in [-0.1, -0.05) is 60.7 Å². The molecule has 0 bridgehead atoms. The van der Waals surface area contributed by atoms with Gasteiger partial charge in [0.05, 0.1) is 0 Å². The van der Waals surface area contributed by atoms with E-state index in [1.54, 1.807) is 6.20 Å². The predicted molar refractivity (Wildman–Crippen MR) is 122 cm³/mol. The Hall–Kier alpha value is -3.14. The molecule has 0 aliphatic carbocycles. The Balaban J connectivity index is 1.28. The Morgan fingerprint density at radius 3 is 2.30 bits per heavy atom. The topological polar surface area (TPSA) is 45.2 Å². The molecule has 0 radical (unpaired) electrons. The minimum Gasteiger partial charge on any atom is -0.385 e. The second-order valence-electron chi connectivity index (χ2n) is 8.02. The molecule has 4 heteroatoms. The lowest BCUT2D eigenvalue weighted by molar-refractivity contribution is 0.0684. The molecule has 2 heterocycles. The SMILES string of the molecule is O=C(c1cc(NCCc2ccccc2)ccn1)N1CCC(Cc2ccccc2)CC1. The summed E-state index contributed by atoms with van der Waals surface area (Å²) in [6.07, 6.45) is 5.87. The van der Waals surface area contributed by atoms with Crippen LogP contribution >= 0.6 is 0 Å². The first-order valence-electron chi connectivity index (χ1n) is 10.8. The largest absolute Gasteiger partial charge is 0.385 e. The first kappa shape index (κ1) is 20.1. The first-order chi connectivity index (χ1) is 14.8. The van der Waals surface area contributed by atoms with Crippen molar-refractivity contribution in [3.05, 3.63) is 95.8 Å². The standard InChI is InChI=1S/C26H29N3O/c30-26(29-17-13-23(14-18-29)19-22-9-5-2-6-10-22)25-20-24(12-16-28-25)27-15-11-21-7-3-1-4-8-21/h1-10,12,16,20,23H,11,13-15,17-19H2,(H,27,28). The summed E-state index contributed by atoms with van der Waals surface area (Å²) >= 11 is 0. The number of rotatable bonds is 7. The van der Waals surface area contributed by atoms with Gasteiger partial charge in [-0.05, 0) is 54.9 Å². The van der Waals surface area contributed by atoms with Gasteiger partial charge in [-0.3, -0.25) is 9.78 Å². The van der Waals surface area contributed by atoms with Gasteiger partial charge in [0.15, 0.2) is 0 Å². The summed E-state index contributed by atoms with van der Waals surface area (Å²) in [6, 6.07) is 24.8. The number of pyridine rings is 1.